The number of rotatable bonds is 4. The second-order valence-electron chi connectivity index (χ2n) is 8.26. The Labute approximate surface area is 169 Å². The number of carbonyl (C=O) groups excluding carboxylic acids is 1. The van der Waals surface area contributed by atoms with Crippen LogP contribution in [0.1, 0.15) is 47.3 Å². The quantitative estimate of drug-likeness (QED) is 0.717. The molecule has 1 aliphatic heterocycles. The Morgan fingerprint density at radius 2 is 2.14 bits per heavy atom. The van der Waals surface area contributed by atoms with Gasteiger partial charge in [-0.05, 0) is 48.6 Å². The number of nitrogens with zero attached hydrogens (tertiary/aromatic N) is 4. The maximum absolute atomic E-state index is 12.8. The monoisotopic (exact) mass is 388 g/mol. The Kier molecular flexibility index (Phi) is 4.12. The average Bonchev–Trinajstić information content (AvgIpc) is 3.33. The van der Waals surface area contributed by atoms with Crippen molar-refractivity contribution in [2.75, 3.05) is 17.2 Å². The number of pyridine rings is 1. The molecule has 0 saturated heterocycles. The number of anilines is 2. The van der Waals surface area contributed by atoms with Crippen LogP contribution in [-0.4, -0.2) is 32.2 Å². The van der Waals surface area contributed by atoms with Crippen LogP contribution in [0.15, 0.2) is 42.7 Å². The predicted molar refractivity (Wildman–Crippen MR) is 111 cm³/mol. The molecule has 7 nitrogen and oxygen atoms in total. The number of aryl methyl sites for hydroxylation is 1. The minimum absolute atomic E-state index is 0.150. The summed E-state index contributed by atoms with van der Waals surface area (Å²) >= 11 is 0. The van der Waals surface area contributed by atoms with Crippen molar-refractivity contribution in [2.24, 2.45) is 13.0 Å². The van der Waals surface area contributed by atoms with Gasteiger partial charge >= 0.3 is 0 Å². The van der Waals surface area contributed by atoms with Gasteiger partial charge in [0, 0.05) is 25.7 Å². The smallest absolute Gasteiger partial charge is 0.274 e. The van der Waals surface area contributed by atoms with E-state index in [4.69, 9.17) is 0 Å². The third-order valence-corrected chi connectivity index (χ3v) is 6.09. The molecule has 0 atom stereocenters. The summed E-state index contributed by atoms with van der Waals surface area (Å²) in [6.45, 7) is 3.13. The number of aromatic nitrogens is 4. The van der Waals surface area contributed by atoms with E-state index in [0.717, 1.165) is 54.3 Å². The lowest BCUT2D eigenvalue weighted by atomic mass is 9.58. The van der Waals surface area contributed by atoms with Crippen molar-refractivity contribution in [3.05, 3.63) is 65.5 Å². The van der Waals surface area contributed by atoms with E-state index in [1.807, 2.05) is 29.8 Å². The Balaban J connectivity index is 1.42. The first-order chi connectivity index (χ1) is 14.0. The van der Waals surface area contributed by atoms with Crippen LogP contribution < -0.4 is 10.6 Å². The molecule has 2 N–H and O–H groups in total. The van der Waals surface area contributed by atoms with E-state index in [0.29, 0.717) is 11.6 Å². The van der Waals surface area contributed by atoms with Gasteiger partial charge in [0.25, 0.3) is 5.91 Å². The lowest BCUT2D eigenvalue weighted by Crippen LogP contribution is -2.43. The molecule has 3 heterocycles. The number of amides is 1. The highest BCUT2D eigenvalue weighted by Gasteiger charge is 2.48. The maximum Gasteiger partial charge on any atom is 0.274 e. The van der Waals surface area contributed by atoms with Crippen LogP contribution in [0.3, 0.4) is 0 Å². The lowest BCUT2D eigenvalue weighted by molar-refractivity contribution is 0.102. The number of hydrogen-bond acceptors (Lipinski definition) is 5. The van der Waals surface area contributed by atoms with Gasteiger partial charge in [-0.3, -0.25) is 4.79 Å². The first kappa shape index (κ1) is 17.8. The summed E-state index contributed by atoms with van der Waals surface area (Å²) in [5, 5.41) is 14.8. The van der Waals surface area contributed by atoms with Crippen molar-refractivity contribution in [3.63, 3.8) is 0 Å². The molecule has 2 aliphatic rings. The SMILES string of the molecule is CC1CC(c2cccc(NC(=O)c3ccc4c(n3)CCN4)c2)(c2nncn2C)C1. The van der Waals surface area contributed by atoms with Crippen LogP contribution in [0.2, 0.25) is 0 Å². The molecule has 2 aromatic heterocycles. The van der Waals surface area contributed by atoms with Gasteiger partial charge in [0.2, 0.25) is 0 Å². The molecule has 148 valence electrons. The summed E-state index contributed by atoms with van der Waals surface area (Å²) in [5.41, 5.74) is 4.20. The van der Waals surface area contributed by atoms with Crippen molar-refractivity contribution >= 4 is 17.3 Å². The van der Waals surface area contributed by atoms with Crippen LogP contribution in [0.4, 0.5) is 11.4 Å². The standard InChI is InChI=1S/C22H24N6O/c1-14-11-22(12-14,21-27-24-13-28(21)2)15-4-3-5-16(10-15)25-20(29)19-7-6-17-18(26-19)8-9-23-17/h3-7,10,13-14,23H,8-9,11-12H2,1-2H3,(H,25,29). The predicted octanol–water partition coefficient (Wildman–Crippen LogP) is 3.15. The van der Waals surface area contributed by atoms with E-state index in [-0.39, 0.29) is 11.3 Å². The minimum Gasteiger partial charge on any atom is -0.383 e. The van der Waals surface area contributed by atoms with E-state index in [2.05, 4.69) is 44.9 Å². The van der Waals surface area contributed by atoms with Crippen LogP contribution >= 0.6 is 0 Å². The molecule has 1 fully saturated rings. The third kappa shape index (κ3) is 2.97. The summed E-state index contributed by atoms with van der Waals surface area (Å²) in [4.78, 5) is 17.3. The zero-order valence-corrected chi connectivity index (χ0v) is 16.6. The van der Waals surface area contributed by atoms with Crippen molar-refractivity contribution < 1.29 is 4.79 Å². The van der Waals surface area contributed by atoms with E-state index in [9.17, 15) is 4.79 Å². The zero-order valence-electron chi connectivity index (χ0n) is 16.6. The van der Waals surface area contributed by atoms with Crippen LogP contribution in [-0.2, 0) is 18.9 Å². The fraction of sp³-hybridized carbons (Fsp3) is 0.364. The van der Waals surface area contributed by atoms with Crippen molar-refractivity contribution in [1.82, 2.24) is 19.7 Å². The largest absolute Gasteiger partial charge is 0.383 e. The van der Waals surface area contributed by atoms with Crippen molar-refractivity contribution in [3.8, 4) is 0 Å². The highest BCUT2D eigenvalue weighted by molar-refractivity contribution is 6.03. The minimum atomic E-state index is -0.188. The first-order valence-corrected chi connectivity index (χ1v) is 10.1. The number of hydrogen-bond donors (Lipinski definition) is 2. The Morgan fingerprint density at radius 3 is 2.90 bits per heavy atom. The zero-order chi connectivity index (χ0) is 20.0. The van der Waals surface area contributed by atoms with E-state index in [1.165, 1.54) is 0 Å². The second-order valence-corrected chi connectivity index (χ2v) is 8.26. The number of fused-ring (bicyclic) bond motifs is 1. The molecule has 0 radical (unpaired) electrons. The highest BCUT2D eigenvalue weighted by atomic mass is 16.1. The van der Waals surface area contributed by atoms with Crippen LogP contribution in [0.25, 0.3) is 0 Å². The summed E-state index contributed by atoms with van der Waals surface area (Å²) in [7, 11) is 1.99. The lowest BCUT2D eigenvalue weighted by Gasteiger charge is -2.46. The van der Waals surface area contributed by atoms with Crippen molar-refractivity contribution in [2.45, 2.75) is 31.6 Å². The van der Waals surface area contributed by atoms with Crippen LogP contribution in [0.5, 0.6) is 0 Å². The molecule has 7 heteroatoms. The van der Waals surface area contributed by atoms with Gasteiger partial charge in [0.15, 0.2) is 0 Å². The fourth-order valence-electron chi connectivity index (χ4n) is 4.78. The molecule has 1 aliphatic carbocycles. The fourth-order valence-corrected chi connectivity index (χ4v) is 4.78. The number of benzene rings is 1. The summed E-state index contributed by atoms with van der Waals surface area (Å²) < 4.78 is 2.00. The summed E-state index contributed by atoms with van der Waals surface area (Å²) in [6, 6.07) is 11.8. The molecule has 5 rings (SSSR count). The van der Waals surface area contributed by atoms with E-state index >= 15 is 0 Å². The molecule has 0 unspecified atom stereocenters. The molecule has 1 amide bonds. The Morgan fingerprint density at radius 1 is 1.28 bits per heavy atom. The van der Waals surface area contributed by atoms with Gasteiger partial charge in [-0.1, -0.05) is 19.1 Å². The van der Waals surface area contributed by atoms with Gasteiger partial charge in [0.1, 0.15) is 17.8 Å². The van der Waals surface area contributed by atoms with Crippen molar-refractivity contribution in [1.29, 1.82) is 0 Å². The normalized spacial score (nSPS) is 22.5. The topological polar surface area (TPSA) is 84.7 Å². The average molecular weight is 388 g/mol. The van der Waals surface area contributed by atoms with Gasteiger partial charge in [0.05, 0.1) is 16.8 Å². The first-order valence-electron chi connectivity index (χ1n) is 10.1. The maximum atomic E-state index is 12.8. The Bertz CT molecular complexity index is 1080. The Hall–Kier alpha value is -3.22. The number of nitrogens with one attached hydrogen (secondary N) is 2. The molecule has 0 bridgehead atoms. The molecule has 1 aromatic carbocycles. The van der Waals surface area contributed by atoms with Gasteiger partial charge in [-0.2, -0.15) is 0 Å². The summed E-state index contributed by atoms with van der Waals surface area (Å²) in [6.07, 6.45) is 4.65. The van der Waals surface area contributed by atoms with Crippen LogP contribution in [0, 0.1) is 5.92 Å². The molecular formula is C22H24N6O. The molecular weight excluding hydrogens is 364 g/mol. The third-order valence-electron chi connectivity index (χ3n) is 6.09. The highest BCUT2D eigenvalue weighted by Crippen LogP contribution is 2.51. The van der Waals surface area contributed by atoms with Gasteiger partial charge in [-0.25, -0.2) is 4.98 Å². The molecule has 1 saturated carbocycles. The molecule has 0 spiro atoms. The van der Waals surface area contributed by atoms with Gasteiger partial charge < -0.3 is 15.2 Å². The van der Waals surface area contributed by atoms with Gasteiger partial charge in [-0.15, -0.1) is 10.2 Å². The summed E-state index contributed by atoms with van der Waals surface area (Å²) in [5.74, 6) is 1.42. The molecule has 29 heavy (non-hydrogen) atoms. The second kappa shape index (κ2) is 6.69. The molecule has 3 aromatic rings. The van der Waals surface area contributed by atoms with E-state index in [1.54, 1.807) is 12.4 Å². The van der Waals surface area contributed by atoms with E-state index < -0.39 is 0 Å². The number of carbonyl (C=O) groups is 1.